The molecule has 1 aliphatic carbocycles. The number of nitrogens with zero attached hydrogens (tertiary/aromatic N) is 1. The molecule has 8 nitrogen and oxygen atoms in total. The van der Waals surface area contributed by atoms with Crippen LogP contribution in [0.25, 0.3) is 0 Å². The van der Waals surface area contributed by atoms with Crippen molar-refractivity contribution < 1.29 is 22.7 Å². The molecule has 2 N–H and O–H groups in total. The maximum atomic E-state index is 12.7. The first-order valence-corrected chi connectivity index (χ1v) is 11.3. The van der Waals surface area contributed by atoms with Crippen molar-refractivity contribution in [2.24, 2.45) is 0 Å². The minimum atomic E-state index is -3.78. The standard InChI is InChI=1S/C21H23N3O5S/c1-29-18-11-4-14(13-19(18)30(27,28)23-16-5-6-16)21(26)22-15-7-9-17(10-8-15)24-12-2-3-20(24)25/h4,7-11,13,16,23H,2-3,5-6,12H2,1H3,(H,22,26). The number of sulfonamides is 1. The molecule has 4 rings (SSSR count). The molecule has 30 heavy (non-hydrogen) atoms. The van der Waals surface area contributed by atoms with Gasteiger partial charge in [-0.1, -0.05) is 0 Å². The SMILES string of the molecule is COc1ccc(C(=O)Nc2ccc(N3CCCC3=O)cc2)cc1S(=O)(=O)NC1CC1. The number of methoxy groups -OCH3 is 1. The highest BCUT2D eigenvalue weighted by Crippen LogP contribution is 2.29. The number of benzene rings is 2. The number of ether oxygens (including phenoxy) is 1. The van der Waals surface area contributed by atoms with Crippen LogP contribution in [0.5, 0.6) is 5.75 Å². The van der Waals surface area contributed by atoms with E-state index >= 15 is 0 Å². The smallest absolute Gasteiger partial charge is 0.255 e. The molecule has 1 saturated heterocycles. The summed E-state index contributed by atoms with van der Waals surface area (Å²) >= 11 is 0. The van der Waals surface area contributed by atoms with Crippen molar-refractivity contribution in [2.45, 2.75) is 36.6 Å². The predicted octanol–water partition coefficient (Wildman–Crippen LogP) is 2.52. The summed E-state index contributed by atoms with van der Waals surface area (Å²) in [7, 11) is -2.39. The van der Waals surface area contributed by atoms with Crippen LogP contribution in [0, 0.1) is 0 Å². The summed E-state index contributed by atoms with van der Waals surface area (Å²) < 4.78 is 33.0. The maximum absolute atomic E-state index is 12.7. The Bertz CT molecular complexity index is 1080. The van der Waals surface area contributed by atoms with E-state index in [1.807, 2.05) is 0 Å². The molecule has 0 radical (unpaired) electrons. The largest absolute Gasteiger partial charge is 0.495 e. The van der Waals surface area contributed by atoms with E-state index in [-0.39, 0.29) is 28.2 Å². The molecule has 2 amide bonds. The van der Waals surface area contributed by atoms with Gasteiger partial charge < -0.3 is 15.0 Å². The molecule has 1 saturated carbocycles. The minimum absolute atomic E-state index is 0.0572. The third kappa shape index (κ3) is 4.31. The van der Waals surface area contributed by atoms with E-state index in [0.717, 1.165) is 24.9 Å². The van der Waals surface area contributed by atoms with Crippen molar-refractivity contribution >= 4 is 33.2 Å². The summed E-state index contributed by atoms with van der Waals surface area (Å²) in [5.41, 5.74) is 1.54. The Morgan fingerprint density at radius 3 is 2.47 bits per heavy atom. The van der Waals surface area contributed by atoms with Crippen LogP contribution in [0.3, 0.4) is 0 Å². The molecule has 0 atom stereocenters. The van der Waals surface area contributed by atoms with Gasteiger partial charge in [-0.3, -0.25) is 9.59 Å². The molecule has 1 aliphatic heterocycles. The molecule has 1 heterocycles. The lowest BCUT2D eigenvalue weighted by atomic mass is 10.2. The molecular weight excluding hydrogens is 406 g/mol. The van der Waals surface area contributed by atoms with Gasteiger partial charge in [0.25, 0.3) is 5.91 Å². The first-order valence-electron chi connectivity index (χ1n) is 9.79. The van der Waals surface area contributed by atoms with E-state index in [0.29, 0.717) is 18.7 Å². The van der Waals surface area contributed by atoms with Crippen LogP contribution in [0.15, 0.2) is 47.4 Å². The van der Waals surface area contributed by atoms with Gasteiger partial charge in [0.2, 0.25) is 15.9 Å². The molecule has 2 aliphatic rings. The molecule has 0 bridgehead atoms. The molecule has 158 valence electrons. The highest BCUT2D eigenvalue weighted by molar-refractivity contribution is 7.89. The van der Waals surface area contributed by atoms with E-state index in [4.69, 9.17) is 4.74 Å². The molecule has 2 aromatic carbocycles. The Hall–Kier alpha value is -2.91. The highest BCUT2D eigenvalue weighted by atomic mass is 32.2. The summed E-state index contributed by atoms with van der Waals surface area (Å²) in [6, 6.07) is 11.2. The molecule has 2 fully saturated rings. The maximum Gasteiger partial charge on any atom is 0.255 e. The van der Waals surface area contributed by atoms with Crippen LogP contribution >= 0.6 is 0 Å². The molecule has 0 aromatic heterocycles. The van der Waals surface area contributed by atoms with Crippen molar-refractivity contribution in [2.75, 3.05) is 23.9 Å². The number of rotatable bonds is 7. The summed E-state index contributed by atoms with van der Waals surface area (Å²) in [4.78, 5) is 26.2. The predicted molar refractivity (Wildman–Crippen MR) is 112 cm³/mol. The summed E-state index contributed by atoms with van der Waals surface area (Å²) in [5, 5.41) is 2.76. The number of hydrogen-bond acceptors (Lipinski definition) is 5. The molecule has 0 unspecified atom stereocenters. The van der Waals surface area contributed by atoms with E-state index in [9.17, 15) is 18.0 Å². The Kier molecular flexibility index (Phi) is 5.48. The van der Waals surface area contributed by atoms with Crippen molar-refractivity contribution in [1.29, 1.82) is 0 Å². The summed E-state index contributed by atoms with van der Waals surface area (Å²) in [6.45, 7) is 0.697. The van der Waals surface area contributed by atoms with Gasteiger partial charge in [0, 0.05) is 35.9 Å². The van der Waals surface area contributed by atoms with Crippen LogP contribution < -0.4 is 19.7 Å². The molecule has 9 heteroatoms. The van der Waals surface area contributed by atoms with Gasteiger partial charge in [-0.15, -0.1) is 0 Å². The van der Waals surface area contributed by atoms with Crippen LogP contribution in [0.2, 0.25) is 0 Å². The Balaban J connectivity index is 1.52. The van der Waals surface area contributed by atoms with Crippen molar-refractivity contribution in [1.82, 2.24) is 4.72 Å². The van der Waals surface area contributed by atoms with Gasteiger partial charge in [0.15, 0.2) is 0 Å². The van der Waals surface area contributed by atoms with Crippen LogP contribution in [0.1, 0.15) is 36.0 Å². The van der Waals surface area contributed by atoms with Crippen LogP contribution in [-0.2, 0) is 14.8 Å². The zero-order valence-corrected chi connectivity index (χ0v) is 17.4. The zero-order valence-electron chi connectivity index (χ0n) is 16.6. The highest BCUT2D eigenvalue weighted by Gasteiger charge is 2.30. The van der Waals surface area contributed by atoms with Gasteiger partial charge >= 0.3 is 0 Å². The van der Waals surface area contributed by atoms with Crippen molar-refractivity contribution in [3.05, 3.63) is 48.0 Å². The third-order valence-electron chi connectivity index (χ3n) is 5.12. The lowest BCUT2D eigenvalue weighted by molar-refractivity contribution is -0.117. The quantitative estimate of drug-likeness (QED) is 0.704. The monoisotopic (exact) mass is 429 g/mol. The fourth-order valence-electron chi connectivity index (χ4n) is 3.36. The fourth-order valence-corrected chi connectivity index (χ4v) is 4.86. The minimum Gasteiger partial charge on any atom is -0.495 e. The van der Waals surface area contributed by atoms with Crippen molar-refractivity contribution in [3.8, 4) is 5.75 Å². The zero-order chi connectivity index (χ0) is 21.3. The Morgan fingerprint density at radius 1 is 1.13 bits per heavy atom. The normalized spacial score (nSPS) is 16.6. The third-order valence-corrected chi connectivity index (χ3v) is 6.67. The van der Waals surface area contributed by atoms with E-state index < -0.39 is 15.9 Å². The number of carbonyl (C=O) groups excluding carboxylic acids is 2. The van der Waals surface area contributed by atoms with E-state index in [1.165, 1.54) is 25.3 Å². The van der Waals surface area contributed by atoms with Gasteiger partial charge in [0.1, 0.15) is 10.6 Å². The number of nitrogens with one attached hydrogen (secondary N) is 2. The summed E-state index contributed by atoms with van der Waals surface area (Å²) in [5.74, 6) is -0.163. The lowest BCUT2D eigenvalue weighted by Gasteiger charge is -2.16. The van der Waals surface area contributed by atoms with Gasteiger partial charge in [-0.05, 0) is 61.7 Å². The van der Waals surface area contributed by atoms with E-state index in [2.05, 4.69) is 10.0 Å². The number of amides is 2. The fraction of sp³-hybridized carbons (Fsp3) is 0.333. The Labute approximate surface area is 175 Å². The van der Waals surface area contributed by atoms with Gasteiger partial charge in [-0.25, -0.2) is 13.1 Å². The first kappa shape index (κ1) is 20.4. The molecular formula is C21H23N3O5S. The summed E-state index contributed by atoms with van der Waals surface area (Å²) in [6.07, 6.45) is 3.01. The second-order valence-corrected chi connectivity index (χ2v) is 9.09. The van der Waals surface area contributed by atoms with E-state index in [1.54, 1.807) is 29.2 Å². The number of carbonyl (C=O) groups is 2. The average molecular weight is 429 g/mol. The van der Waals surface area contributed by atoms with Gasteiger partial charge in [-0.2, -0.15) is 0 Å². The van der Waals surface area contributed by atoms with Crippen molar-refractivity contribution in [3.63, 3.8) is 0 Å². The average Bonchev–Trinajstić information content (AvgIpc) is 3.44. The van der Waals surface area contributed by atoms with Crippen LogP contribution in [-0.4, -0.2) is 39.9 Å². The van der Waals surface area contributed by atoms with Gasteiger partial charge in [0.05, 0.1) is 7.11 Å². The van der Waals surface area contributed by atoms with Crippen LogP contribution in [0.4, 0.5) is 11.4 Å². The molecule has 0 spiro atoms. The first-order chi connectivity index (χ1) is 14.4. The second kappa shape index (κ2) is 8.08. The topological polar surface area (TPSA) is 105 Å². The lowest BCUT2D eigenvalue weighted by Crippen LogP contribution is -2.26. The number of anilines is 2. The number of hydrogen-bond donors (Lipinski definition) is 2. The Morgan fingerprint density at radius 2 is 1.87 bits per heavy atom. The second-order valence-electron chi connectivity index (χ2n) is 7.41. The molecule has 2 aromatic rings.